The lowest BCUT2D eigenvalue weighted by Crippen LogP contribution is -2.38. The lowest BCUT2D eigenvalue weighted by Gasteiger charge is -2.22. The summed E-state index contributed by atoms with van der Waals surface area (Å²) < 4.78 is 5.11. The van der Waals surface area contributed by atoms with Gasteiger partial charge < -0.3 is 15.0 Å². The van der Waals surface area contributed by atoms with Crippen molar-refractivity contribution in [1.82, 2.24) is 5.32 Å². The van der Waals surface area contributed by atoms with Crippen molar-refractivity contribution in [3.63, 3.8) is 0 Å². The highest BCUT2D eigenvalue weighted by Crippen LogP contribution is 2.20. The Morgan fingerprint density at radius 1 is 1.04 bits per heavy atom. The minimum Gasteiger partial charge on any atom is -0.497 e. The average Bonchev–Trinajstić information content (AvgIpc) is 2.65. The van der Waals surface area contributed by atoms with Crippen LogP contribution in [0.15, 0.2) is 48.5 Å². The molecule has 0 aromatic heterocycles. The lowest BCUT2D eigenvalue weighted by atomic mass is 10.0. The summed E-state index contributed by atoms with van der Waals surface area (Å²) in [6.07, 6.45) is 0.299. The van der Waals surface area contributed by atoms with Crippen LogP contribution in [0.4, 0.5) is 5.69 Å². The van der Waals surface area contributed by atoms with E-state index in [9.17, 15) is 9.59 Å². The number of carbonyl (C=O) groups is 2. The summed E-state index contributed by atoms with van der Waals surface area (Å²) in [6, 6.07) is 15.4. The number of nitrogens with zero attached hydrogens (tertiary/aromatic N) is 1. The fraction of sp³-hybridized carbons (Fsp3) is 0.364. The molecule has 0 aliphatic rings. The summed E-state index contributed by atoms with van der Waals surface area (Å²) in [6.45, 7) is 6.65. The quantitative estimate of drug-likeness (QED) is 0.775. The first-order valence-electron chi connectivity index (χ1n) is 9.18. The highest BCUT2D eigenvalue weighted by Gasteiger charge is 2.12. The molecule has 0 heterocycles. The van der Waals surface area contributed by atoms with E-state index in [1.807, 2.05) is 48.5 Å². The highest BCUT2D eigenvalue weighted by atomic mass is 16.5. The van der Waals surface area contributed by atoms with Crippen LogP contribution in [0, 0.1) is 0 Å². The summed E-state index contributed by atoms with van der Waals surface area (Å²) in [4.78, 5) is 25.8. The van der Waals surface area contributed by atoms with Gasteiger partial charge in [0.05, 0.1) is 13.5 Å². The molecule has 27 heavy (non-hydrogen) atoms. The zero-order valence-corrected chi connectivity index (χ0v) is 16.5. The van der Waals surface area contributed by atoms with Crippen molar-refractivity contribution in [2.45, 2.75) is 33.1 Å². The van der Waals surface area contributed by atoms with Gasteiger partial charge in [0, 0.05) is 25.7 Å². The largest absolute Gasteiger partial charge is 0.497 e. The molecule has 1 N–H and O–H groups in total. The molecule has 0 saturated carbocycles. The average molecular weight is 368 g/mol. The first-order chi connectivity index (χ1) is 12.9. The Hall–Kier alpha value is -2.82. The third kappa shape index (κ3) is 6.13. The predicted octanol–water partition coefficient (Wildman–Crippen LogP) is 3.53. The van der Waals surface area contributed by atoms with Gasteiger partial charge in [-0.05, 0) is 41.3 Å². The van der Waals surface area contributed by atoms with E-state index in [0.717, 1.165) is 17.0 Å². The standard InChI is InChI=1S/C22H28N2O3/c1-16(2)19-7-9-20(10-8-19)24(17(3)25)14-13-23-22(26)15-18-5-11-21(27-4)12-6-18/h5-12,16H,13-15H2,1-4H3,(H,23,26). The highest BCUT2D eigenvalue weighted by molar-refractivity contribution is 5.91. The van der Waals surface area contributed by atoms with Gasteiger partial charge in [-0.15, -0.1) is 0 Å². The number of carbonyl (C=O) groups excluding carboxylic acids is 2. The number of hydrogen-bond donors (Lipinski definition) is 1. The summed E-state index contributed by atoms with van der Waals surface area (Å²) in [5, 5.41) is 2.88. The van der Waals surface area contributed by atoms with Gasteiger partial charge in [0.1, 0.15) is 5.75 Å². The fourth-order valence-electron chi connectivity index (χ4n) is 2.81. The predicted molar refractivity (Wildman–Crippen MR) is 108 cm³/mol. The van der Waals surface area contributed by atoms with Gasteiger partial charge in [0.15, 0.2) is 0 Å². The molecule has 0 radical (unpaired) electrons. The maximum absolute atomic E-state index is 12.1. The fourth-order valence-corrected chi connectivity index (χ4v) is 2.81. The van der Waals surface area contributed by atoms with Crippen molar-refractivity contribution in [2.75, 3.05) is 25.1 Å². The van der Waals surface area contributed by atoms with Gasteiger partial charge in [-0.25, -0.2) is 0 Å². The minimum absolute atomic E-state index is 0.0447. The Balaban J connectivity index is 1.88. The molecule has 5 nitrogen and oxygen atoms in total. The van der Waals surface area contributed by atoms with Crippen LogP contribution in [0.25, 0.3) is 0 Å². The Morgan fingerprint density at radius 3 is 2.19 bits per heavy atom. The van der Waals surface area contributed by atoms with Crippen LogP contribution in [-0.2, 0) is 16.0 Å². The summed E-state index contributed by atoms with van der Waals surface area (Å²) >= 11 is 0. The van der Waals surface area contributed by atoms with E-state index in [1.54, 1.807) is 12.0 Å². The van der Waals surface area contributed by atoms with Crippen molar-refractivity contribution in [3.8, 4) is 5.75 Å². The zero-order chi connectivity index (χ0) is 19.8. The van der Waals surface area contributed by atoms with Crippen molar-refractivity contribution in [3.05, 3.63) is 59.7 Å². The third-order valence-electron chi connectivity index (χ3n) is 4.43. The molecule has 0 saturated heterocycles. The Labute approximate surface area is 161 Å². The molecule has 0 bridgehead atoms. The molecule has 0 spiro atoms. The van der Waals surface area contributed by atoms with Gasteiger partial charge in [0.2, 0.25) is 11.8 Å². The van der Waals surface area contributed by atoms with Crippen molar-refractivity contribution in [1.29, 1.82) is 0 Å². The van der Waals surface area contributed by atoms with Crippen LogP contribution in [0.2, 0.25) is 0 Å². The van der Waals surface area contributed by atoms with E-state index in [1.165, 1.54) is 12.5 Å². The Kier molecular flexibility index (Phi) is 7.41. The Bertz CT molecular complexity index is 752. The SMILES string of the molecule is COc1ccc(CC(=O)NCCN(C(C)=O)c2ccc(C(C)C)cc2)cc1. The normalized spacial score (nSPS) is 10.6. The number of amides is 2. The molecular weight excluding hydrogens is 340 g/mol. The number of ether oxygens (including phenoxy) is 1. The first-order valence-corrected chi connectivity index (χ1v) is 9.18. The number of nitrogens with one attached hydrogen (secondary N) is 1. The number of rotatable bonds is 8. The van der Waals surface area contributed by atoms with E-state index in [0.29, 0.717) is 25.4 Å². The molecule has 0 unspecified atom stereocenters. The van der Waals surface area contributed by atoms with Crippen molar-refractivity contribution >= 4 is 17.5 Å². The number of methoxy groups -OCH3 is 1. The van der Waals surface area contributed by atoms with Crippen molar-refractivity contribution < 1.29 is 14.3 Å². The molecular formula is C22H28N2O3. The van der Waals surface area contributed by atoms with Gasteiger partial charge in [-0.2, -0.15) is 0 Å². The number of benzene rings is 2. The van der Waals surface area contributed by atoms with E-state index >= 15 is 0 Å². The lowest BCUT2D eigenvalue weighted by molar-refractivity contribution is -0.121. The molecule has 144 valence electrons. The second kappa shape index (κ2) is 9.76. The molecule has 0 atom stereocenters. The molecule has 2 amide bonds. The summed E-state index contributed by atoms with van der Waals surface area (Å²) in [5.74, 6) is 1.09. The van der Waals surface area contributed by atoms with Crippen LogP contribution in [-0.4, -0.2) is 32.0 Å². The Morgan fingerprint density at radius 2 is 1.67 bits per heavy atom. The monoisotopic (exact) mass is 368 g/mol. The first kappa shape index (κ1) is 20.5. The van der Waals surface area contributed by atoms with E-state index < -0.39 is 0 Å². The molecule has 0 aliphatic heterocycles. The zero-order valence-electron chi connectivity index (χ0n) is 16.5. The number of anilines is 1. The van der Waals surface area contributed by atoms with E-state index in [2.05, 4.69) is 19.2 Å². The van der Waals surface area contributed by atoms with Crippen LogP contribution in [0.5, 0.6) is 5.75 Å². The maximum atomic E-state index is 12.1. The van der Waals surface area contributed by atoms with E-state index in [4.69, 9.17) is 4.74 Å². The molecule has 2 rings (SSSR count). The maximum Gasteiger partial charge on any atom is 0.224 e. The second-order valence-electron chi connectivity index (χ2n) is 6.79. The summed E-state index contributed by atoms with van der Waals surface area (Å²) in [5.41, 5.74) is 2.99. The van der Waals surface area contributed by atoms with Gasteiger partial charge in [0.25, 0.3) is 0 Å². The van der Waals surface area contributed by atoms with E-state index in [-0.39, 0.29) is 11.8 Å². The van der Waals surface area contributed by atoms with Crippen LogP contribution in [0.3, 0.4) is 0 Å². The van der Waals surface area contributed by atoms with Crippen molar-refractivity contribution in [2.24, 2.45) is 0 Å². The molecule has 2 aromatic carbocycles. The minimum atomic E-state index is -0.0705. The number of hydrogen-bond acceptors (Lipinski definition) is 3. The van der Waals surface area contributed by atoms with Gasteiger partial charge in [-0.3, -0.25) is 9.59 Å². The smallest absolute Gasteiger partial charge is 0.224 e. The van der Waals surface area contributed by atoms with Gasteiger partial charge in [-0.1, -0.05) is 38.1 Å². The van der Waals surface area contributed by atoms with Crippen LogP contribution >= 0.6 is 0 Å². The molecule has 0 aliphatic carbocycles. The van der Waals surface area contributed by atoms with Crippen LogP contribution in [0.1, 0.15) is 37.8 Å². The topological polar surface area (TPSA) is 58.6 Å². The molecule has 5 heteroatoms. The molecule has 0 fully saturated rings. The molecule has 2 aromatic rings. The second-order valence-corrected chi connectivity index (χ2v) is 6.79. The summed E-state index contributed by atoms with van der Waals surface area (Å²) in [7, 11) is 1.61. The van der Waals surface area contributed by atoms with Gasteiger partial charge >= 0.3 is 0 Å². The third-order valence-corrected chi connectivity index (χ3v) is 4.43. The van der Waals surface area contributed by atoms with Crippen LogP contribution < -0.4 is 15.0 Å².